The number of ether oxygens (including phenoxy) is 1. The quantitative estimate of drug-likeness (QED) is 0.799. The van der Waals surface area contributed by atoms with Crippen molar-refractivity contribution in [2.75, 3.05) is 19.5 Å². The molecule has 0 atom stereocenters. The number of carbonyl (C=O) groups excluding carboxylic acids is 1. The first-order chi connectivity index (χ1) is 8.33. The van der Waals surface area contributed by atoms with E-state index in [0.717, 1.165) is 0 Å². The number of amides is 1. The molecule has 18 heavy (non-hydrogen) atoms. The predicted molar refractivity (Wildman–Crippen MR) is 72.9 cm³/mol. The second-order valence-corrected chi connectivity index (χ2v) is 5.22. The predicted octanol–water partition coefficient (Wildman–Crippen LogP) is 3.08. The number of nitrogens with zero attached hydrogens (tertiary/aromatic N) is 1. The lowest BCUT2D eigenvalue weighted by Gasteiger charge is -2.34. The van der Waals surface area contributed by atoms with Gasteiger partial charge in [0.1, 0.15) is 0 Å². The summed E-state index contributed by atoms with van der Waals surface area (Å²) in [6, 6.07) is 4.21. The standard InChI is InChI=1S/C13H17BrFNO2/c1-13(2,8-14)16(3)12(17)9-5-6-11(18-4)10(15)7-9/h5-7H,8H2,1-4H3. The SMILES string of the molecule is COc1ccc(C(=O)N(C)C(C)(C)CBr)cc1F. The summed E-state index contributed by atoms with van der Waals surface area (Å²) in [5.74, 6) is -0.622. The molecule has 0 unspecified atom stereocenters. The van der Waals surface area contributed by atoms with Gasteiger partial charge in [0, 0.05) is 23.5 Å². The summed E-state index contributed by atoms with van der Waals surface area (Å²) >= 11 is 3.36. The lowest BCUT2D eigenvalue weighted by molar-refractivity contribution is 0.0663. The van der Waals surface area contributed by atoms with Crippen LogP contribution in [-0.2, 0) is 0 Å². The van der Waals surface area contributed by atoms with Crippen LogP contribution in [0.1, 0.15) is 24.2 Å². The van der Waals surface area contributed by atoms with E-state index in [1.165, 1.54) is 19.2 Å². The molecule has 3 nitrogen and oxygen atoms in total. The molecule has 0 radical (unpaired) electrons. The Hall–Kier alpha value is -1.10. The van der Waals surface area contributed by atoms with Crippen LogP contribution < -0.4 is 4.74 Å². The molecule has 1 aromatic carbocycles. The Morgan fingerprint density at radius 3 is 2.56 bits per heavy atom. The molecule has 1 rings (SSSR count). The van der Waals surface area contributed by atoms with E-state index in [4.69, 9.17) is 4.74 Å². The highest BCUT2D eigenvalue weighted by atomic mass is 79.9. The molecule has 0 bridgehead atoms. The van der Waals surface area contributed by atoms with Gasteiger partial charge in [-0.2, -0.15) is 0 Å². The van der Waals surface area contributed by atoms with Crippen molar-refractivity contribution >= 4 is 21.8 Å². The second-order valence-electron chi connectivity index (χ2n) is 4.66. The van der Waals surface area contributed by atoms with Crippen LogP contribution in [-0.4, -0.2) is 35.8 Å². The van der Waals surface area contributed by atoms with Gasteiger partial charge in [0.15, 0.2) is 11.6 Å². The first kappa shape index (κ1) is 15.0. The Labute approximate surface area is 115 Å². The summed E-state index contributed by atoms with van der Waals surface area (Å²) in [6.45, 7) is 3.86. The largest absolute Gasteiger partial charge is 0.494 e. The number of hydrogen-bond donors (Lipinski definition) is 0. The fourth-order valence-electron chi connectivity index (χ4n) is 1.36. The maximum Gasteiger partial charge on any atom is 0.254 e. The van der Waals surface area contributed by atoms with E-state index < -0.39 is 5.82 Å². The zero-order valence-corrected chi connectivity index (χ0v) is 12.5. The molecule has 0 aliphatic heterocycles. The van der Waals surface area contributed by atoms with Crippen LogP contribution in [0.2, 0.25) is 0 Å². The van der Waals surface area contributed by atoms with Crippen molar-refractivity contribution in [2.45, 2.75) is 19.4 Å². The van der Waals surface area contributed by atoms with Crippen LogP contribution in [0.15, 0.2) is 18.2 Å². The van der Waals surface area contributed by atoms with Gasteiger partial charge in [0.25, 0.3) is 5.91 Å². The fourth-order valence-corrected chi connectivity index (χ4v) is 1.73. The van der Waals surface area contributed by atoms with E-state index in [-0.39, 0.29) is 17.2 Å². The summed E-state index contributed by atoms with van der Waals surface area (Å²) in [5.41, 5.74) is -0.0298. The van der Waals surface area contributed by atoms with Gasteiger partial charge >= 0.3 is 0 Å². The van der Waals surface area contributed by atoms with Gasteiger partial charge in [-0.1, -0.05) is 15.9 Å². The molecule has 5 heteroatoms. The smallest absolute Gasteiger partial charge is 0.254 e. The zero-order chi connectivity index (χ0) is 13.9. The molecule has 1 amide bonds. The third-order valence-corrected chi connectivity index (χ3v) is 4.31. The zero-order valence-electron chi connectivity index (χ0n) is 11.0. The van der Waals surface area contributed by atoms with Crippen LogP contribution in [0.25, 0.3) is 0 Å². The highest BCUT2D eigenvalue weighted by molar-refractivity contribution is 9.09. The highest BCUT2D eigenvalue weighted by Gasteiger charge is 2.27. The topological polar surface area (TPSA) is 29.5 Å². The molecule has 0 N–H and O–H groups in total. The number of hydrogen-bond acceptors (Lipinski definition) is 2. The highest BCUT2D eigenvalue weighted by Crippen LogP contribution is 2.22. The van der Waals surface area contributed by atoms with E-state index in [1.807, 2.05) is 13.8 Å². The first-order valence-corrected chi connectivity index (χ1v) is 6.63. The van der Waals surface area contributed by atoms with Gasteiger partial charge in [-0.3, -0.25) is 4.79 Å². The summed E-state index contributed by atoms with van der Waals surface area (Å²) in [7, 11) is 3.09. The number of rotatable bonds is 4. The van der Waals surface area contributed by atoms with Crippen LogP contribution in [0.5, 0.6) is 5.75 Å². The second kappa shape index (κ2) is 5.69. The number of carbonyl (C=O) groups is 1. The van der Waals surface area contributed by atoms with Gasteiger partial charge < -0.3 is 9.64 Å². The Morgan fingerprint density at radius 1 is 1.50 bits per heavy atom. The maximum absolute atomic E-state index is 13.5. The molecular weight excluding hydrogens is 301 g/mol. The van der Waals surface area contributed by atoms with Crippen molar-refractivity contribution in [1.82, 2.24) is 4.90 Å². The van der Waals surface area contributed by atoms with E-state index in [2.05, 4.69) is 15.9 Å². The number of methoxy groups -OCH3 is 1. The number of halogens is 2. The molecule has 1 aromatic rings. The minimum Gasteiger partial charge on any atom is -0.494 e. The fraction of sp³-hybridized carbons (Fsp3) is 0.462. The average Bonchev–Trinajstić information content (AvgIpc) is 2.36. The molecule has 0 saturated carbocycles. The number of alkyl halides is 1. The minimum atomic E-state index is -0.534. The van der Waals surface area contributed by atoms with Crippen molar-refractivity contribution < 1.29 is 13.9 Å². The summed E-state index contributed by atoms with van der Waals surface area (Å²) in [4.78, 5) is 13.8. The molecule has 0 saturated heterocycles. The molecule has 0 fully saturated rings. The monoisotopic (exact) mass is 317 g/mol. The van der Waals surface area contributed by atoms with Crippen molar-refractivity contribution in [3.8, 4) is 5.75 Å². The van der Waals surface area contributed by atoms with Crippen molar-refractivity contribution in [2.24, 2.45) is 0 Å². The average molecular weight is 318 g/mol. The molecule has 0 heterocycles. The minimum absolute atomic E-state index is 0.133. The van der Waals surface area contributed by atoms with Crippen LogP contribution >= 0.6 is 15.9 Å². The van der Waals surface area contributed by atoms with Crippen molar-refractivity contribution in [3.05, 3.63) is 29.6 Å². The van der Waals surface area contributed by atoms with Crippen molar-refractivity contribution in [1.29, 1.82) is 0 Å². The normalized spacial score (nSPS) is 11.2. The summed E-state index contributed by atoms with van der Waals surface area (Å²) in [5, 5.41) is 0.640. The number of benzene rings is 1. The molecule has 0 spiro atoms. The van der Waals surface area contributed by atoms with Crippen LogP contribution in [0.3, 0.4) is 0 Å². The van der Waals surface area contributed by atoms with Crippen LogP contribution in [0.4, 0.5) is 4.39 Å². The van der Waals surface area contributed by atoms with Crippen LogP contribution in [0, 0.1) is 5.82 Å². The van der Waals surface area contributed by atoms with Gasteiger partial charge in [-0.25, -0.2) is 4.39 Å². The van der Waals surface area contributed by atoms with Gasteiger partial charge in [0.2, 0.25) is 0 Å². The third kappa shape index (κ3) is 3.02. The van der Waals surface area contributed by atoms with E-state index in [0.29, 0.717) is 10.9 Å². The Morgan fingerprint density at radius 2 is 2.11 bits per heavy atom. The van der Waals surface area contributed by atoms with E-state index in [1.54, 1.807) is 18.0 Å². The molecule has 0 aliphatic carbocycles. The first-order valence-electron chi connectivity index (χ1n) is 5.51. The summed E-state index contributed by atoms with van der Waals surface area (Å²) in [6.07, 6.45) is 0. The van der Waals surface area contributed by atoms with E-state index >= 15 is 0 Å². The van der Waals surface area contributed by atoms with Gasteiger partial charge in [0.05, 0.1) is 7.11 Å². The maximum atomic E-state index is 13.5. The lowest BCUT2D eigenvalue weighted by Crippen LogP contribution is -2.46. The Kier molecular flexibility index (Phi) is 4.73. The van der Waals surface area contributed by atoms with E-state index in [9.17, 15) is 9.18 Å². The Bertz CT molecular complexity index is 449. The third-order valence-electron chi connectivity index (χ3n) is 2.94. The Balaban J connectivity index is 3.01. The van der Waals surface area contributed by atoms with Gasteiger partial charge in [-0.05, 0) is 32.0 Å². The molecular formula is C13H17BrFNO2. The summed E-state index contributed by atoms with van der Waals surface area (Å²) < 4.78 is 18.4. The molecule has 100 valence electrons. The van der Waals surface area contributed by atoms with Crippen molar-refractivity contribution in [3.63, 3.8) is 0 Å². The molecule has 0 aliphatic rings. The molecule has 0 aromatic heterocycles. The lowest BCUT2D eigenvalue weighted by atomic mass is 10.0. The van der Waals surface area contributed by atoms with Gasteiger partial charge in [-0.15, -0.1) is 0 Å².